The standard InChI is InChI=1S/C12H9N3O2/c1-14-11-5-4-8(15(16)17)7-10(11)9-3-2-6-13-12(9)14/h2-7H,1H3. The number of nitro benzene ring substituents is 1. The zero-order chi connectivity index (χ0) is 12.0. The maximum absolute atomic E-state index is 10.8. The first-order valence-corrected chi connectivity index (χ1v) is 5.16. The molecule has 5 nitrogen and oxygen atoms in total. The van der Waals surface area contributed by atoms with Crippen LogP contribution in [-0.4, -0.2) is 14.5 Å². The van der Waals surface area contributed by atoms with Crippen LogP contribution < -0.4 is 0 Å². The minimum absolute atomic E-state index is 0.105. The Kier molecular flexibility index (Phi) is 1.89. The van der Waals surface area contributed by atoms with Gasteiger partial charge in [-0.25, -0.2) is 4.98 Å². The molecule has 0 fully saturated rings. The minimum atomic E-state index is -0.380. The molecule has 0 unspecified atom stereocenters. The van der Waals surface area contributed by atoms with Gasteiger partial charge in [0.25, 0.3) is 5.69 Å². The number of nitro groups is 1. The van der Waals surface area contributed by atoms with E-state index in [4.69, 9.17) is 0 Å². The van der Waals surface area contributed by atoms with E-state index in [1.54, 1.807) is 18.3 Å². The summed E-state index contributed by atoms with van der Waals surface area (Å²) in [4.78, 5) is 14.7. The SMILES string of the molecule is Cn1c2ccc([N+](=O)[O-])cc2c2cccnc21. The quantitative estimate of drug-likeness (QED) is 0.474. The van der Waals surface area contributed by atoms with Crippen LogP contribution in [0.15, 0.2) is 36.5 Å². The highest BCUT2D eigenvalue weighted by Crippen LogP contribution is 2.29. The second-order valence-corrected chi connectivity index (χ2v) is 3.89. The highest BCUT2D eigenvalue weighted by atomic mass is 16.6. The average Bonchev–Trinajstić information content (AvgIpc) is 2.64. The smallest absolute Gasteiger partial charge is 0.270 e. The predicted octanol–water partition coefficient (Wildman–Crippen LogP) is 2.63. The van der Waals surface area contributed by atoms with Crippen molar-refractivity contribution in [2.45, 2.75) is 0 Å². The molecule has 5 heteroatoms. The lowest BCUT2D eigenvalue weighted by Crippen LogP contribution is -1.89. The van der Waals surface area contributed by atoms with Crippen LogP contribution >= 0.6 is 0 Å². The van der Waals surface area contributed by atoms with Gasteiger partial charge in [0.1, 0.15) is 5.65 Å². The molecule has 3 rings (SSSR count). The Morgan fingerprint density at radius 3 is 2.88 bits per heavy atom. The van der Waals surface area contributed by atoms with Crippen LogP contribution in [-0.2, 0) is 7.05 Å². The maximum atomic E-state index is 10.8. The molecule has 1 aromatic carbocycles. The van der Waals surface area contributed by atoms with E-state index in [1.165, 1.54) is 6.07 Å². The van der Waals surface area contributed by atoms with Crippen molar-refractivity contribution in [1.29, 1.82) is 0 Å². The summed E-state index contributed by atoms with van der Waals surface area (Å²) < 4.78 is 1.94. The van der Waals surface area contributed by atoms with E-state index in [0.29, 0.717) is 0 Å². The maximum Gasteiger partial charge on any atom is 0.270 e. The topological polar surface area (TPSA) is 61.0 Å². The molecule has 0 bridgehead atoms. The molecule has 0 spiro atoms. The van der Waals surface area contributed by atoms with Crippen LogP contribution in [0.1, 0.15) is 0 Å². The van der Waals surface area contributed by atoms with Gasteiger partial charge in [0.2, 0.25) is 0 Å². The van der Waals surface area contributed by atoms with Crippen molar-refractivity contribution in [3.63, 3.8) is 0 Å². The number of benzene rings is 1. The Labute approximate surface area is 96.5 Å². The van der Waals surface area contributed by atoms with E-state index in [0.717, 1.165) is 21.9 Å². The third-order valence-corrected chi connectivity index (χ3v) is 2.95. The molecule has 3 aromatic rings. The molecule has 0 amide bonds. The Balaban J connectivity index is 2.50. The fraction of sp³-hybridized carbons (Fsp3) is 0.0833. The third kappa shape index (κ3) is 1.29. The second kappa shape index (κ2) is 3.28. The molecule has 0 aliphatic carbocycles. The molecule has 2 heterocycles. The van der Waals surface area contributed by atoms with Gasteiger partial charge >= 0.3 is 0 Å². The van der Waals surface area contributed by atoms with Gasteiger partial charge in [-0.05, 0) is 18.2 Å². The molecule has 2 aromatic heterocycles. The first-order valence-electron chi connectivity index (χ1n) is 5.16. The van der Waals surface area contributed by atoms with Crippen LogP contribution in [0, 0.1) is 10.1 Å². The summed E-state index contributed by atoms with van der Waals surface area (Å²) in [5.74, 6) is 0. The minimum Gasteiger partial charge on any atom is -0.328 e. The number of rotatable bonds is 1. The van der Waals surface area contributed by atoms with E-state index in [2.05, 4.69) is 4.98 Å². The summed E-state index contributed by atoms with van der Waals surface area (Å²) in [6.45, 7) is 0. The van der Waals surface area contributed by atoms with Crippen LogP contribution in [0.4, 0.5) is 5.69 Å². The van der Waals surface area contributed by atoms with Crippen molar-refractivity contribution in [1.82, 2.24) is 9.55 Å². The van der Waals surface area contributed by atoms with E-state index in [-0.39, 0.29) is 10.6 Å². The van der Waals surface area contributed by atoms with Crippen molar-refractivity contribution in [2.24, 2.45) is 7.05 Å². The summed E-state index contributed by atoms with van der Waals surface area (Å²) >= 11 is 0. The molecular weight excluding hydrogens is 218 g/mol. The molecule has 0 saturated heterocycles. The zero-order valence-corrected chi connectivity index (χ0v) is 9.12. The van der Waals surface area contributed by atoms with Gasteiger partial charge in [-0.3, -0.25) is 10.1 Å². The van der Waals surface area contributed by atoms with Crippen LogP contribution in [0.5, 0.6) is 0 Å². The number of hydrogen-bond donors (Lipinski definition) is 0. The number of hydrogen-bond acceptors (Lipinski definition) is 3. The van der Waals surface area contributed by atoms with E-state index < -0.39 is 0 Å². The van der Waals surface area contributed by atoms with E-state index in [1.807, 2.05) is 23.7 Å². The first-order chi connectivity index (χ1) is 8.18. The fourth-order valence-corrected chi connectivity index (χ4v) is 2.13. The molecule has 0 radical (unpaired) electrons. The number of non-ortho nitro benzene ring substituents is 1. The summed E-state index contributed by atoms with van der Waals surface area (Å²) in [5.41, 5.74) is 1.89. The summed E-state index contributed by atoms with van der Waals surface area (Å²) in [7, 11) is 1.91. The predicted molar refractivity (Wildman–Crippen MR) is 64.9 cm³/mol. The molecule has 84 valence electrons. The van der Waals surface area contributed by atoms with E-state index >= 15 is 0 Å². The van der Waals surface area contributed by atoms with Gasteiger partial charge in [0, 0.05) is 36.1 Å². The first kappa shape index (κ1) is 9.77. The number of aryl methyl sites for hydroxylation is 1. The van der Waals surface area contributed by atoms with Crippen molar-refractivity contribution < 1.29 is 4.92 Å². The molecular formula is C12H9N3O2. The van der Waals surface area contributed by atoms with Crippen molar-refractivity contribution in [2.75, 3.05) is 0 Å². The van der Waals surface area contributed by atoms with Gasteiger partial charge < -0.3 is 4.57 Å². The average molecular weight is 227 g/mol. The molecule has 0 aliphatic heterocycles. The lowest BCUT2D eigenvalue weighted by atomic mass is 10.2. The number of nitrogens with zero attached hydrogens (tertiary/aromatic N) is 3. The summed E-state index contributed by atoms with van der Waals surface area (Å²) in [6, 6.07) is 8.63. The molecule has 0 saturated carbocycles. The highest BCUT2D eigenvalue weighted by Gasteiger charge is 2.12. The largest absolute Gasteiger partial charge is 0.328 e. The Morgan fingerprint density at radius 1 is 1.29 bits per heavy atom. The van der Waals surface area contributed by atoms with Crippen LogP contribution in [0.2, 0.25) is 0 Å². The number of pyridine rings is 1. The van der Waals surface area contributed by atoms with Crippen molar-refractivity contribution in [3.05, 3.63) is 46.6 Å². The number of fused-ring (bicyclic) bond motifs is 3. The van der Waals surface area contributed by atoms with Gasteiger partial charge in [-0.2, -0.15) is 0 Å². The Bertz CT molecular complexity index is 746. The van der Waals surface area contributed by atoms with Crippen molar-refractivity contribution in [3.8, 4) is 0 Å². The van der Waals surface area contributed by atoms with Gasteiger partial charge in [0.05, 0.1) is 10.4 Å². The van der Waals surface area contributed by atoms with Gasteiger partial charge in [-0.1, -0.05) is 0 Å². The Hall–Kier alpha value is -2.43. The lowest BCUT2D eigenvalue weighted by Gasteiger charge is -1.95. The third-order valence-electron chi connectivity index (χ3n) is 2.95. The normalized spacial score (nSPS) is 11.1. The van der Waals surface area contributed by atoms with Gasteiger partial charge in [-0.15, -0.1) is 0 Å². The zero-order valence-electron chi connectivity index (χ0n) is 9.12. The molecule has 0 N–H and O–H groups in total. The van der Waals surface area contributed by atoms with Crippen LogP contribution in [0.3, 0.4) is 0 Å². The summed E-state index contributed by atoms with van der Waals surface area (Å²) in [5, 5.41) is 12.6. The monoisotopic (exact) mass is 227 g/mol. The van der Waals surface area contributed by atoms with Crippen molar-refractivity contribution >= 4 is 27.6 Å². The van der Waals surface area contributed by atoms with Gasteiger partial charge in [0.15, 0.2) is 0 Å². The van der Waals surface area contributed by atoms with Crippen LogP contribution in [0.25, 0.3) is 21.9 Å². The molecule has 17 heavy (non-hydrogen) atoms. The molecule has 0 atom stereocenters. The molecule has 0 aliphatic rings. The van der Waals surface area contributed by atoms with E-state index in [9.17, 15) is 10.1 Å². The Morgan fingerprint density at radius 2 is 2.12 bits per heavy atom. The fourth-order valence-electron chi connectivity index (χ4n) is 2.13. The summed E-state index contributed by atoms with van der Waals surface area (Å²) in [6.07, 6.45) is 1.72. The lowest BCUT2D eigenvalue weighted by molar-refractivity contribution is -0.384. The highest BCUT2D eigenvalue weighted by molar-refractivity contribution is 6.07. The number of aromatic nitrogens is 2. The second-order valence-electron chi connectivity index (χ2n) is 3.89.